The van der Waals surface area contributed by atoms with E-state index < -0.39 is 5.66 Å². The van der Waals surface area contributed by atoms with E-state index in [4.69, 9.17) is 30.6 Å². The summed E-state index contributed by atoms with van der Waals surface area (Å²) in [7, 11) is 1.64. The number of fused-ring (bicyclic) bond motifs is 1. The molecule has 2 aromatic carbocycles. The molecule has 8 heteroatoms. The number of oxazole rings is 1. The number of hydrogen-bond acceptors (Lipinski definition) is 8. The summed E-state index contributed by atoms with van der Waals surface area (Å²) in [5.41, 5.74) is 16.2. The van der Waals surface area contributed by atoms with Gasteiger partial charge in [-0.25, -0.2) is 9.98 Å². The number of anilines is 1. The standard InChI is InChI=1S/C23H26N6O2/c1-14-16(20-26-17-13-15(30-2)9-10-19(17)31-20)7-6-8-18(14)29-22(25)27-21(24)28-23(29)11-4-3-5-12-23/h6-10,13H,3-5,11-12H2,1-2H3,(H4,24,25,27,28). The molecule has 1 aliphatic carbocycles. The van der Waals surface area contributed by atoms with Gasteiger partial charge in [-0.1, -0.05) is 12.5 Å². The van der Waals surface area contributed by atoms with Crippen molar-refractivity contribution in [2.45, 2.75) is 44.7 Å². The predicted molar refractivity (Wildman–Crippen MR) is 122 cm³/mol. The third kappa shape index (κ3) is 3.19. The van der Waals surface area contributed by atoms with E-state index in [1.807, 2.05) is 48.2 Å². The number of aromatic nitrogens is 1. The van der Waals surface area contributed by atoms with Gasteiger partial charge in [0.1, 0.15) is 16.9 Å². The first-order chi connectivity index (χ1) is 15.0. The van der Waals surface area contributed by atoms with Crippen LogP contribution in [0.2, 0.25) is 0 Å². The lowest BCUT2D eigenvalue weighted by Gasteiger charge is -2.46. The molecule has 31 heavy (non-hydrogen) atoms. The zero-order chi connectivity index (χ0) is 21.6. The Morgan fingerprint density at radius 1 is 1.10 bits per heavy atom. The van der Waals surface area contributed by atoms with E-state index in [-0.39, 0.29) is 5.96 Å². The maximum absolute atomic E-state index is 6.42. The zero-order valence-corrected chi connectivity index (χ0v) is 17.8. The van der Waals surface area contributed by atoms with E-state index in [1.165, 1.54) is 6.42 Å². The maximum Gasteiger partial charge on any atom is 0.227 e. The van der Waals surface area contributed by atoms with E-state index in [1.54, 1.807) is 7.11 Å². The van der Waals surface area contributed by atoms with Gasteiger partial charge in [-0.3, -0.25) is 4.90 Å². The number of aliphatic imine (C=N–C) groups is 2. The first kappa shape index (κ1) is 19.4. The van der Waals surface area contributed by atoms with E-state index in [0.29, 0.717) is 17.4 Å². The number of hydrogen-bond donors (Lipinski definition) is 2. The quantitative estimate of drug-likeness (QED) is 0.666. The summed E-state index contributed by atoms with van der Waals surface area (Å²) in [5, 5.41) is 0. The molecule has 0 atom stereocenters. The fourth-order valence-corrected chi connectivity index (χ4v) is 4.72. The number of guanidine groups is 2. The summed E-state index contributed by atoms with van der Waals surface area (Å²) >= 11 is 0. The van der Waals surface area contributed by atoms with Crippen molar-refractivity contribution in [1.82, 2.24) is 4.98 Å². The van der Waals surface area contributed by atoms with Crippen molar-refractivity contribution in [1.29, 1.82) is 0 Å². The number of methoxy groups -OCH3 is 1. The van der Waals surface area contributed by atoms with Gasteiger partial charge in [-0.2, -0.15) is 4.99 Å². The van der Waals surface area contributed by atoms with Gasteiger partial charge in [-0.15, -0.1) is 0 Å². The SMILES string of the molecule is COc1ccc2oc(-c3cccc(N4C(N)=NC(N)=NC45CCCCC5)c3C)nc2c1. The van der Waals surface area contributed by atoms with Gasteiger partial charge in [0.05, 0.1) is 7.11 Å². The monoisotopic (exact) mass is 418 g/mol. The Morgan fingerprint density at radius 3 is 2.68 bits per heavy atom. The third-order valence-corrected chi connectivity index (χ3v) is 6.22. The summed E-state index contributed by atoms with van der Waals surface area (Å²) in [6.45, 7) is 2.05. The molecule has 0 radical (unpaired) electrons. The largest absolute Gasteiger partial charge is 0.497 e. The lowest BCUT2D eigenvalue weighted by atomic mass is 9.86. The van der Waals surface area contributed by atoms with Crippen LogP contribution in [0.25, 0.3) is 22.6 Å². The second-order valence-corrected chi connectivity index (χ2v) is 8.12. The van der Waals surface area contributed by atoms with E-state index in [2.05, 4.69) is 4.99 Å². The van der Waals surface area contributed by atoms with Gasteiger partial charge in [0.15, 0.2) is 5.58 Å². The number of nitrogens with two attached hydrogens (primary N) is 2. The minimum absolute atomic E-state index is 0.248. The van der Waals surface area contributed by atoms with Crippen LogP contribution in [0.5, 0.6) is 5.75 Å². The molecule has 1 spiro atoms. The average Bonchev–Trinajstić information content (AvgIpc) is 3.18. The number of benzene rings is 2. The molecular weight excluding hydrogens is 392 g/mol. The predicted octanol–water partition coefficient (Wildman–Crippen LogP) is 3.92. The molecule has 160 valence electrons. The van der Waals surface area contributed by atoms with Crippen LogP contribution in [0.3, 0.4) is 0 Å². The second-order valence-electron chi connectivity index (χ2n) is 8.12. The lowest BCUT2D eigenvalue weighted by molar-refractivity contribution is 0.305. The molecule has 0 saturated heterocycles. The molecule has 0 unspecified atom stereocenters. The normalized spacial score (nSPS) is 18.2. The molecule has 8 nitrogen and oxygen atoms in total. The van der Waals surface area contributed by atoms with Gasteiger partial charge in [0, 0.05) is 17.3 Å². The van der Waals surface area contributed by atoms with Crippen LogP contribution < -0.4 is 21.1 Å². The van der Waals surface area contributed by atoms with Crippen LogP contribution in [0.4, 0.5) is 5.69 Å². The van der Waals surface area contributed by atoms with Crippen LogP contribution in [0.1, 0.15) is 37.7 Å². The summed E-state index contributed by atoms with van der Waals surface area (Å²) in [6, 6.07) is 11.6. The van der Waals surface area contributed by atoms with E-state index in [0.717, 1.165) is 53.8 Å². The van der Waals surface area contributed by atoms with E-state index in [9.17, 15) is 0 Å². The van der Waals surface area contributed by atoms with Crippen LogP contribution in [-0.4, -0.2) is 29.7 Å². The summed E-state index contributed by atoms with van der Waals surface area (Å²) in [4.78, 5) is 15.8. The topological polar surface area (TPSA) is 115 Å². The van der Waals surface area contributed by atoms with Gasteiger partial charge in [0.2, 0.25) is 17.8 Å². The minimum Gasteiger partial charge on any atom is -0.497 e. The molecule has 1 saturated carbocycles. The Bertz CT molecular complexity index is 1210. The average molecular weight is 419 g/mol. The summed E-state index contributed by atoms with van der Waals surface area (Å²) in [6.07, 6.45) is 5.11. The van der Waals surface area contributed by atoms with Crippen LogP contribution in [-0.2, 0) is 0 Å². The fourth-order valence-electron chi connectivity index (χ4n) is 4.72. The highest BCUT2D eigenvalue weighted by molar-refractivity contribution is 6.06. The third-order valence-electron chi connectivity index (χ3n) is 6.22. The minimum atomic E-state index is -0.494. The van der Waals surface area contributed by atoms with Crippen molar-refractivity contribution in [3.05, 3.63) is 42.0 Å². The smallest absolute Gasteiger partial charge is 0.227 e. The van der Waals surface area contributed by atoms with Gasteiger partial charge >= 0.3 is 0 Å². The molecule has 2 heterocycles. The summed E-state index contributed by atoms with van der Waals surface area (Å²) in [5.74, 6) is 1.91. The Labute approximate surface area is 180 Å². The Kier molecular flexibility index (Phi) is 4.57. The highest BCUT2D eigenvalue weighted by Gasteiger charge is 2.43. The van der Waals surface area contributed by atoms with Crippen LogP contribution in [0.15, 0.2) is 50.8 Å². The van der Waals surface area contributed by atoms with Crippen molar-refractivity contribution < 1.29 is 9.15 Å². The molecule has 0 amide bonds. The highest BCUT2D eigenvalue weighted by atomic mass is 16.5. The first-order valence-corrected chi connectivity index (χ1v) is 10.5. The molecule has 1 aliphatic heterocycles. The van der Waals surface area contributed by atoms with Crippen molar-refractivity contribution in [2.75, 3.05) is 12.0 Å². The first-order valence-electron chi connectivity index (χ1n) is 10.5. The van der Waals surface area contributed by atoms with Gasteiger partial charge in [-0.05, 0) is 62.4 Å². The molecule has 1 aromatic heterocycles. The van der Waals surface area contributed by atoms with Crippen molar-refractivity contribution in [3.63, 3.8) is 0 Å². The zero-order valence-electron chi connectivity index (χ0n) is 17.8. The number of rotatable bonds is 3. The van der Waals surface area contributed by atoms with Crippen molar-refractivity contribution in [2.24, 2.45) is 21.5 Å². The Morgan fingerprint density at radius 2 is 1.90 bits per heavy atom. The fraction of sp³-hybridized carbons (Fsp3) is 0.348. The molecule has 1 fully saturated rings. The summed E-state index contributed by atoms with van der Waals surface area (Å²) < 4.78 is 11.4. The molecule has 3 aromatic rings. The number of ether oxygens (including phenoxy) is 1. The molecular formula is C23H26N6O2. The molecule has 5 rings (SSSR count). The van der Waals surface area contributed by atoms with Gasteiger partial charge in [0.25, 0.3) is 0 Å². The molecule has 0 bridgehead atoms. The lowest BCUT2D eigenvalue weighted by Crippen LogP contribution is -2.58. The Hall–Kier alpha value is -3.55. The Balaban J connectivity index is 1.62. The number of nitrogens with zero attached hydrogens (tertiary/aromatic N) is 4. The van der Waals surface area contributed by atoms with Gasteiger partial charge < -0.3 is 20.6 Å². The maximum atomic E-state index is 6.42. The van der Waals surface area contributed by atoms with Crippen molar-refractivity contribution in [3.8, 4) is 17.2 Å². The molecule has 4 N–H and O–H groups in total. The van der Waals surface area contributed by atoms with E-state index >= 15 is 0 Å². The van der Waals surface area contributed by atoms with Crippen LogP contribution in [0, 0.1) is 6.92 Å². The highest BCUT2D eigenvalue weighted by Crippen LogP contribution is 2.42. The van der Waals surface area contributed by atoms with Crippen LogP contribution >= 0.6 is 0 Å². The molecule has 2 aliphatic rings. The second kappa shape index (κ2) is 7.30. The van der Waals surface area contributed by atoms with Crippen molar-refractivity contribution >= 4 is 28.7 Å².